The van der Waals surface area contributed by atoms with E-state index in [1.54, 1.807) is 55.6 Å². The van der Waals surface area contributed by atoms with Gasteiger partial charge in [0.25, 0.3) is 0 Å². The normalized spacial score (nSPS) is 17.9. The molecule has 0 amide bonds. The summed E-state index contributed by atoms with van der Waals surface area (Å²) in [5.41, 5.74) is 2.74. The van der Waals surface area contributed by atoms with E-state index in [-0.39, 0.29) is 19.2 Å². The van der Waals surface area contributed by atoms with E-state index in [2.05, 4.69) is 4.98 Å². The lowest BCUT2D eigenvalue weighted by Crippen LogP contribution is -2.47. The molecule has 0 spiro atoms. The molecule has 0 radical (unpaired) electrons. The number of fused-ring (bicyclic) bond motifs is 1. The van der Waals surface area contributed by atoms with Crippen LogP contribution in [0.5, 0.6) is 23.1 Å². The third-order valence-electron chi connectivity index (χ3n) is 6.02. The van der Waals surface area contributed by atoms with Crippen molar-refractivity contribution in [1.29, 1.82) is 0 Å². The summed E-state index contributed by atoms with van der Waals surface area (Å²) < 4.78 is 28.1. The van der Waals surface area contributed by atoms with Crippen molar-refractivity contribution in [3.8, 4) is 23.1 Å². The van der Waals surface area contributed by atoms with E-state index in [0.717, 1.165) is 29.7 Å². The first-order valence-electron chi connectivity index (χ1n) is 11.6. The van der Waals surface area contributed by atoms with Crippen LogP contribution >= 0.6 is 0 Å². The molecule has 10 heteroatoms. The number of likely N-dealkylation sites (N-methyl/N-ethyl adjacent to an activating group) is 1. The van der Waals surface area contributed by atoms with Gasteiger partial charge in [0, 0.05) is 17.1 Å². The van der Waals surface area contributed by atoms with Gasteiger partial charge in [0.15, 0.2) is 0 Å². The zero-order chi connectivity index (χ0) is 25.1. The summed E-state index contributed by atoms with van der Waals surface area (Å²) in [6.45, 7) is 0.0448. The van der Waals surface area contributed by atoms with Crippen molar-refractivity contribution in [1.82, 2.24) is 9.88 Å². The Bertz CT molecular complexity index is 1230. The Kier molecular flexibility index (Phi) is 6.77. The number of hydrogen-bond acceptors (Lipinski definition) is 9. The maximum atomic E-state index is 12.0. The number of nitrogens with zero attached hydrogens (tertiary/aromatic N) is 2. The number of hydrogen-bond donors (Lipinski definition) is 0. The van der Waals surface area contributed by atoms with Crippen LogP contribution in [0, 0.1) is 0 Å². The zero-order valence-corrected chi connectivity index (χ0v) is 20.0. The second-order valence-corrected chi connectivity index (χ2v) is 8.66. The molecule has 9 nitrogen and oxygen atoms in total. The maximum Gasteiger partial charge on any atom is 0.636 e. The molecule has 2 heterocycles. The van der Waals surface area contributed by atoms with Crippen molar-refractivity contribution in [2.45, 2.75) is 18.9 Å². The van der Waals surface area contributed by atoms with Gasteiger partial charge in [-0.2, -0.15) is 0 Å². The molecule has 2 aliphatic rings. The molecule has 0 saturated carbocycles. The second-order valence-electron chi connectivity index (χ2n) is 8.66. The summed E-state index contributed by atoms with van der Waals surface area (Å²) in [6, 6.07) is 16.5. The highest BCUT2D eigenvalue weighted by atomic mass is 16.6. The molecule has 1 aliphatic heterocycles. The molecule has 0 N–H and O–H groups in total. The molecule has 184 valence electrons. The van der Waals surface area contributed by atoms with Crippen LogP contribution in [0.3, 0.4) is 0 Å². The molecule has 1 unspecified atom stereocenters. The van der Waals surface area contributed by atoms with Crippen molar-refractivity contribution in [2.24, 2.45) is 0 Å². The first-order valence-corrected chi connectivity index (χ1v) is 11.6. The quantitative estimate of drug-likeness (QED) is 0.486. The molecule has 1 saturated heterocycles. The number of carbonyl (C=O) groups excluding carboxylic acids is 2. The Hall–Kier alpha value is -4.05. The largest absolute Gasteiger partial charge is 0.636 e. The third kappa shape index (κ3) is 5.28. The summed E-state index contributed by atoms with van der Waals surface area (Å²) >= 11 is 0. The highest BCUT2D eigenvalue weighted by molar-refractivity contribution is 6.64. The molecule has 5 rings (SSSR count). The van der Waals surface area contributed by atoms with Gasteiger partial charge < -0.3 is 23.5 Å². The lowest BCUT2D eigenvalue weighted by atomic mass is 9.78. The molecule has 1 aliphatic carbocycles. The number of rotatable bonds is 6. The van der Waals surface area contributed by atoms with Crippen LogP contribution in [0.15, 0.2) is 60.8 Å². The van der Waals surface area contributed by atoms with Gasteiger partial charge >= 0.3 is 19.1 Å². The van der Waals surface area contributed by atoms with Crippen molar-refractivity contribution >= 4 is 24.5 Å². The average molecular weight is 488 g/mol. The zero-order valence-electron chi connectivity index (χ0n) is 20.0. The standard InChI is InChI=1S/C26H25BN2O7/c1-29-15-25(30)35-27(36-26(31)16-29)17-6-8-18(9-7-17)33-23-12-11-21-20(23)4-3-5-22(21)34-19-10-13-24(32-2)28-14-19/h3-10,13-14,23H,11-12,15-16H2,1-2H3. The third-order valence-corrected chi connectivity index (χ3v) is 6.02. The van der Waals surface area contributed by atoms with Crippen LogP contribution in [0.25, 0.3) is 0 Å². The highest BCUT2D eigenvalue weighted by Gasteiger charge is 2.34. The molecule has 1 fully saturated rings. The Morgan fingerprint density at radius 2 is 1.69 bits per heavy atom. The summed E-state index contributed by atoms with van der Waals surface area (Å²) in [5.74, 6) is 1.68. The van der Waals surface area contributed by atoms with Crippen LogP contribution < -0.4 is 19.7 Å². The van der Waals surface area contributed by atoms with Gasteiger partial charge in [0.05, 0.1) is 26.4 Å². The lowest BCUT2D eigenvalue weighted by molar-refractivity contribution is -0.145. The summed E-state index contributed by atoms with van der Waals surface area (Å²) in [7, 11) is 2.15. The summed E-state index contributed by atoms with van der Waals surface area (Å²) in [4.78, 5) is 29.8. The number of benzene rings is 2. The molecule has 36 heavy (non-hydrogen) atoms. The molecule has 2 aromatic carbocycles. The van der Waals surface area contributed by atoms with E-state index in [9.17, 15) is 9.59 Å². The topological polar surface area (TPSA) is 96.4 Å². The Morgan fingerprint density at radius 3 is 2.36 bits per heavy atom. The molecule has 0 bridgehead atoms. The summed E-state index contributed by atoms with van der Waals surface area (Å²) in [6.07, 6.45) is 3.13. The minimum Gasteiger partial charge on any atom is -0.494 e. The fourth-order valence-corrected chi connectivity index (χ4v) is 4.31. The van der Waals surface area contributed by atoms with E-state index in [0.29, 0.717) is 22.8 Å². The van der Waals surface area contributed by atoms with Crippen LogP contribution in [0.1, 0.15) is 23.7 Å². The van der Waals surface area contributed by atoms with Gasteiger partial charge in [-0.05, 0) is 49.7 Å². The van der Waals surface area contributed by atoms with E-state index < -0.39 is 19.1 Å². The van der Waals surface area contributed by atoms with Crippen molar-refractivity contribution in [2.75, 3.05) is 27.2 Å². The van der Waals surface area contributed by atoms with Gasteiger partial charge in [-0.15, -0.1) is 0 Å². The van der Waals surface area contributed by atoms with Crippen LogP contribution in [0.4, 0.5) is 0 Å². The van der Waals surface area contributed by atoms with Gasteiger partial charge in [-0.3, -0.25) is 14.5 Å². The molecular weight excluding hydrogens is 463 g/mol. The first-order chi connectivity index (χ1) is 17.5. The van der Waals surface area contributed by atoms with Crippen LogP contribution in [-0.2, 0) is 25.3 Å². The SMILES string of the molecule is COc1ccc(Oc2cccc3c2CCC3Oc2ccc(B3OC(=O)CN(C)CC(=O)O3)cc2)cn1. The van der Waals surface area contributed by atoms with E-state index in [4.69, 9.17) is 23.5 Å². The van der Waals surface area contributed by atoms with Crippen molar-refractivity contribution in [3.05, 3.63) is 71.9 Å². The Balaban J connectivity index is 1.27. The monoisotopic (exact) mass is 488 g/mol. The Morgan fingerprint density at radius 1 is 0.972 bits per heavy atom. The van der Waals surface area contributed by atoms with Crippen molar-refractivity contribution in [3.63, 3.8) is 0 Å². The number of carbonyl (C=O) groups is 2. The van der Waals surface area contributed by atoms with Gasteiger partial charge in [0.1, 0.15) is 23.4 Å². The van der Waals surface area contributed by atoms with E-state index in [1.807, 2.05) is 24.3 Å². The number of pyridine rings is 1. The Labute approximate surface area is 209 Å². The number of aromatic nitrogens is 1. The first kappa shape index (κ1) is 23.7. The van der Waals surface area contributed by atoms with Crippen LogP contribution in [-0.4, -0.2) is 56.2 Å². The minimum absolute atomic E-state index is 0.0224. The fraction of sp³-hybridized carbons (Fsp3) is 0.269. The smallest absolute Gasteiger partial charge is 0.494 e. The van der Waals surface area contributed by atoms with Crippen LogP contribution in [0.2, 0.25) is 0 Å². The predicted molar refractivity (Wildman–Crippen MR) is 131 cm³/mol. The fourth-order valence-electron chi connectivity index (χ4n) is 4.31. The van der Waals surface area contributed by atoms with Gasteiger partial charge in [-0.25, -0.2) is 4.98 Å². The molecule has 3 aromatic rings. The second kappa shape index (κ2) is 10.3. The summed E-state index contributed by atoms with van der Waals surface area (Å²) in [5, 5.41) is 0. The minimum atomic E-state index is -1.08. The van der Waals surface area contributed by atoms with Gasteiger partial charge in [0.2, 0.25) is 5.88 Å². The van der Waals surface area contributed by atoms with Crippen molar-refractivity contribution < 1.29 is 33.1 Å². The van der Waals surface area contributed by atoms with Gasteiger partial charge in [-0.1, -0.05) is 24.3 Å². The lowest BCUT2D eigenvalue weighted by Gasteiger charge is -2.22. The average Bonchev–Trinajstić information content (AvgIpc) is 3.27. The number of methoxy groups -OCH3 is 1. The highest BCUT2D eigenvalue weighted by Crippen LogP contribution is 2.40. The van der Waals surface area contributed by atoms with E-state index in [1.165, 1.54) is 0 Å². The molecule has 1 atom stereocenters. The predicted octanol–water partition coefficient (Wildman–Crippen LogP) is 2.68. The molecule has 1 aromatic heterocycles. The maximum absolute atomic E-state index is 12.0. The van der Waals surface area contributed by atoms with E-state index >= 15 is 0 Å². The molecular formula is C26H25BN2O7. The number of ether oxygens (including phenoxy) is 3.